The van der Waals surface area contributed by atoms with Gasteiger partial charge in [-0.3, -0.25) is 9.10 Å². The Morgan fingerprint density at radius 2 is 1.63 bits per heavy atom. The molecule has 1 atom stereocenters. The third-order valence-corrected chi connectivity index (χ3v) is 5.69. The summed E-state index contributed by atoms with van der Waals surface area (Å²) in [6.07, 6.45) is 1.42. The van der Waals surface area contributed by atoms with E-state index in [1.54, 1.807) is 31.2 Å². The van der Waals surface area contributed by atoms with Gasteiger partial charge in [0.05, 0.1) is 11.9 Å². The molecule has 0 aliphatic carbocycles. The molecule has 5 nitrogen and oxygen atoms in total. The van der Waals surface area contributed by atoms with E-state index >= 15 is 0 Å². The SMILES string of the molecule is CC[C@@H](C(=O)Nc1ccc(C(C)C)cc1)N(c1ccc(Cl)cc1)S(C)(=O)=O. The van der Waals surface area contributed by atoms with E-state index in [1.165, 1.54) is 5.56 Å². The lowest BCUT2D eigenvalue weighted by molar-refractivity contribution is -0.117. The van der Waals surface area contributed by atoms with Crippen LogP contribution in [0.2, 0.25) is 5.02 Å². The van der Waals surface area contributed by atoms with Gasteiger partial charge >= 0.3 is 0 Å². The van der Waals surface area contributed by atoms with Crippen LogP contribution in [0.15, 0.2) is 48.5 Å². The summed E-state index contributed by atoms with van der Waals surface area (Å²) in [6.45, 7) is 5.97. The molecule has 1 amide bonds. The molecule has 0 radical (unpaired) electrons. The maximum atomic E-state index is 12.8. The summed E-state index contributed by atoms with van der Waals surface area (Å²) in [5.41, 5.74) is 2.20. The summed E-state index contributed by atoms with van der Waals surface area (Å²) in [7, 11) is -3.67. The summed E-state index contributed by atoms with van der Waals surface area (Å²) in [5, 5.41) is 3.32. The van der Waals surface area contributed by atoms with Crippen LogP contribution in [-0.4, -0.2) is 26.6 Å². The van der Waals surface area contributed by atoms with Crippen LogP contribution >= 0.6 is 11.6 Å². The van der Waals surface area contributed by atoms with Gasteiger partial charge in [0.15, 0.2) is 0 Å². The second-order valence-corrected chi connectivity index (χ2v) is 9.02. The first-order chi connectivity index (χ1) is 12.6. The Hall–Kier alpha value is -2.05. The average molecular weight is 409 g/mol. The van der Waals surface area contributed by atoms with E-state index in [0.717, 1.165) is 10.6 Å². The van der Waals surface area contributed by atoms with Gasteiger partial charge in [0, 0.05) is 10.7 Å². The predicted molar refractivity (Wildman–Crippen MR) is 112 cm³/mol. The van der Waals surface area contributed by atoms with Crippen molar-refractivity contribution in [3.8, 4) is 0 Å². The van der Waals surface area contributed by atoms with Crippen LogP contribution in [0.5, 0.6) is 0 Å². The maximum Gasteiger partial charge on any atom is 0.248 e. The zero-order valence-electron chi connectivity index (χ0n) is 15.9. The Bertz CT molecular complexity index is 878. The van der Waals surface area contributed by atoms with Crippen molar-refractivity contribution in [1.82, 2.24) is 0 Å². The van der Waals surface area contributed by atoms with Crippen LogP contribution in [0, 0.1) is 0 Å². The van der Waals surface area contributed by atoms with Crippen molar-refractivity contribution >= 4 is 38.9 Å². The van der Waals surface area contributed by atoms with Gasteiger partial charge in [0.2, 0.25) is 15.9 Å². The number of amides is 1. The highest BCUT2D eigenvalue weighted by molar-refractivity contribution is 7.92. The smallest absolute Gasteiger partial charge is 0.248 e. The van der Waals surface area contributed by atoms with E-state index in [-0.39, 0.29) is 5.91 Å². The Labute approximate surface area is 166 Å². The first-order valence-electron chi connectivity index (χ1n) is 8.79. The molecule has 1 N–H and O–H groups in total. The number of carbonyl (C=O) groups excluding carboxylic acids is 1. The molecule has 0 saturated carbocycles. The van der Waals surface area contributed by atoms with E-state index in [2.05, 4.69) is 19.2 Å². The first-order valence-corrected chi connectivity index (χ1v) is 11.0. The average Bonchev–Trinajstić information content (AvgIpc) is 2.60. The fraction of sp³-hybridized carbons (Fsp3) is 0.350. The van der Waals surface area contributed by atoms with Gasteiger partial charge in [-0.05, 0) is 54.3 Å². The number of benzene rings is 2. The topological polar surface area (TPSA) is 66.5 Å². The number of hydrogen-bond acceptors (Lipinski definition) is 3. The molecule has 0 heterocycles. The van der Waals surface area contributed by atoms with Gasteiger partial charge in [-0.2, -0.15) is 0 Å². The normalized spacial score (nSPS) is 12.7. The van der Waals surface area contributed by atoms with Gasteiger partial charge in [-0.15, -0.1) is 0 Å². The summed E-state index contributed by atoms with van der Waals surface area (Å²) >= 11 is 5.90. The summed E-state index contributed by atoms with van der Waals surface area (Å²) in [6, 6.07) is 13.1. The van der Waals surface area contributed by atoms with E-state index in [9.17, 15) is 13.2 Å². The van der Waals surface area contributed by atoms with E-state index in [1.807, 2.05) is 24.3 Å². The lowest BCUT2D eigenvalue weighted by Crippen LogP contribution is -2.46. The monoisotopic (exact) mass is 408 g/mol. The minimum atomic E-state index is -3.67. The molecule has 27 heavy (non-hydrogen) atoms. The van der Waals surface area contributed by atoms with Crippen LogP contribution in [0.3, 0.4) is 0 Å². The van der Waals surface area contributed by atoms with Crippen molar-refractivity contribution in [1.29, 1.82) is 0 Å². The zero-order valence-corrected chi connectivity index (χ0v) is 17.5. The van der Waals surface area contributed by atoms with Crippen molar-refractivity contribution in [3.63, 3.8) is 0 Å². The second kappa shape index (κ2) is 8.76. The number of hydrogen-bond donors (Lipinski definition) is 1. The molecule has 7 heteroatoms. The van der Waals surface area contributed by atoms with Crippen molar-refractivity contribution < 1.29 is 13.2 Å². The van der Waals surface area contributed by atoms with E-state index in [4.69, 9.17) is 11.6 Å². The van der Waals surface area contributed by atoms with Crippen molar-refractivity contribution in [2.75, 3.05) is 15.9 Å². The van der Waals surface area contributed by atoms with Crippen LogP contribution in [0.4, 0.5) is 11.4 Å². The van der Waals surface area contributed by atoms with Crippen LogP contribution < -0.4 is 9.62 Å². The standard InChI is InChI=1S/C20H25ClN2O3S/c1-5-19(20(24)22-17-10-6-15(7-11-17)14(2)3)23(27(4,25)26)18-12-8-16(21)9-13-18/h6-14,19H,5H2,1-4H3,(H,22,24)/t19-/m0/s1. The minimum absolute atomic E-state index is 0.325. The molecule has 0 bridgehead atoms. The van der Waals surface area contributed by atoms with Gasteiger partial charge in [0.25, 0.3) is 0 Å². The van der Waals surface area contributed by atoms with Gasteiger partial charge in [-0.1, -0.05) is 44.5 Å². The Morgan fingerprint density at radius 1 is 1.07 bits per heavy atom. The number of carbonyl (C=O) groups is 1. The van der Waals surface area contributed by atoms with Crippen LogP contribution in [-0.2, 0) is 14.8 Å². The third kappa shape index (κ3) is 5.47. The number of nitrogens with zero attached hydrogens (tertiary/aromatic N) is 1. The number of halogens is 1. The maximum absolute atomic E-state index is 12.8. The lowest BCUT2D eigenvalue weighted by atomic mass is 10.0. The molecule has 0 aromatic heterocycles. The molecule has 0 unspecified atom stereocenters. The van der Waals surface area contributed by atoms with Gasteiger partial charge in [0.1, 0.15) is 6.04 Å². The Kier molecular flexibility index (Phi) is 6.89. The highest BCUT2D eigenvalue weighted by Gasteiger charge is 2.31. The fourth-order valence-electron chi connectivity index (χ4n) is 2.83. The summed E-state index contributed by atoms with van der Waals surface area (Å²) in [5.74, 6) is 0.0129. The molecular weight excluding hydrogens is 384 g/mol. The minimum Gasteiger partial charge on any atom is -0.324 e. The molecule has 0 aliphatic rings. The van der Waals surface area contributed by atoms with E-state index in [0.29, 0.717) is 28.7 Å². The molecule has 2 rings (SSSR count). The van der Waals surface area contributed by atoms with E-state index < -0.39 is 16.1 Å². The lowest BCUT2D eigenvalue weighted by Gasteiger charge is -2.30. The molecule has 2 aromatic carbocycles. The van der Waals surface area contributed by atoms with Crippen LogP contribution in [0.25, 0.3) is 0 Å². The van der Waals surface area contributed by atoms with Crippen molar-refractivity contribution in [3.05, 3.63) is 59.1 Å². The van der Waals surface area contributed by atoms with Gasteiger partial charge < -0.3 is 5.32 Å². The molecule has 146 valence electrons. The number of nitrogens with one attached hydrogen (secondary N) is 1. The highest BCUT2D eigenvalue weighted by atomic mass is 35.5. The molecule has 2 aromatic rings. The Morgan fingerprint density at radius 3 is 2.07 bits per heavy atom. The third-order valence-electron chi connectivity index (χ3n) is 4.26. The largest absolute Gasteiger partial charge is 0.324 e. The van der Waals surface area contributed by atoms with Gasteiger partial charge in [-0.25, -0.2) is 8.42 Å². The Balaban J connectivity index is 2.30. The predicted octanol–water partition coefficient (Wildman–Crippen LogP) is 4.65. The molecule has 0 aliphatic heterocycles. The molecule has 0 fully saturated rings. The summed E-state index contributed by atoms with van der Waals surface area (Å²) in [4.78, 5) is 12.8. The number of sulfonamides is 1. The molecular formula is C20H25ClN2O3S. The van der Waals surface area contributed by atoms with Crippen molar-refractivity contribution in [2.45, 2.75) is 39.2 Å². The number of rotatable bonds is 7. The number of anilines is 2. The van der Waals surface area contributed by atoms with Crippen LogP contribution in [0.1, 0.15) is 38.7 Å². The highest BCUT2D eigenvalue weighted by Crippen LogP contribution is 2.25. The fourth-order valence-corrected chi connectivity index (χ4v) is 4.16. The zero-order chi connectivity index (χ0) is 20.2. The van der Waals surface area contributed by atoms with Crippen molar-refractivity contribution in [2.24, 2.45) is 0 Å². The molecule has 0 spiro atoms. The second-order valence-electron chi connectivity index (χ2n) is 6.73. The summed E-state index contributed by atoms with van der Waals surface area (Å²) < 4.78 is 26.0. The quantitative estimate of drug-likeness (QED) is 0.725. The molecule has 0 saturated heterocycles. The first kappa shape index (κ1) is 21.3.